The minimum Gasteiger partial charge on any atom is -0.297 e. The van der Waals surface area contributed by atoms with Crippen LogP contribution >= 0.6 is 12.6 Å². The third-order valence-electron chi connectivity index (χ3n) is 6.54. The number of carbonyl (C=O) groups excluding carboxylic acids is 2. The van der Waals surface area contributed by atoms with E-state index in [2.05, 4.69) is 25.5 Å². The number of aromatic nitrogens is 3. The Morgan fingerprint density at radius 1 is 1.29 bits per heavy atom. The quantitative estimate of drug-likeness (QED) is 0.279. The van der Waals surface area contributed by atoms with Gasteiger partial charge in [0, 0.05) is 42.8 Å². The number of piperidine rings is 1. The molecule has 2 aromatic rings. The molecule has 0 spiro atoms. The zero-order chi connectivity index (χ0) is 24.8. The number of benzene rings is 1. The first-order chi connectivity index (χ1) is 17.0. The van der Waals surface area contributed by atoms with Crippen LogP contribution in [0.4, 0.5) is 4.39 Å². The Morgan fingerprint density at radius 2 is 2.09 bits per heavy atom. The average Bonchev–Trinajstić information content (AvgIpc) is 3.61. The Morgan fingerprint density at radius 3 is 2.83 bits per heavy atom. The largest absolute Gasteiger partial charge is 0.297 e. The number of hydroxylamine groups is 1. The van der Waals surface area contributed by atoms with Gasteiger partial charge in [-0.2, -0.15) is 12.6 Å². The van der Waals surface area contributed by atoms with Crippen LogP contribution in [0.3, 0.4) is 0 Å². The predicted octanol–water partition coefficient (Wildman–Crippen LogP) is 3.37. The second-order valence-electron chi connectivity index (χ2n) is 9.16. The Labute approximate surface area is 210 Å². The summed E-state index contributed by atoms with van der Waals surface area (Å²) in [6, 6.07) is 6.00. The molecule has 2 heterocycles. The molecule has 8 nitrogen and oxygen atoms in total. The Bertz CT molecular complexity index is 1070. The molecule has 0 radical (unpaired) electrons. The fraction of sp³-hybridized carbons (Fsp3) is 0.520. The number of unbranched alkanes of at least 4 members (excludes halogenated alkanes) is 1. The van der Waals surface area contributed by atoms with Gasteiger partial charge in [0.2, 0.25) is 5.91 Å². The molecule has 1 aromatic heterocycles. The van der Waals surface area contributed by atoms with E-state index in [1.165, 1.54) is 13.2 Å². The molecule has 4 rings (SSSR count). The summed E-state index contributed by atoms with van der Waals surface area (Å²) in [5.41, 5.74) is 4.66. The van der Waals surface area contributed by atoms with Gasteiger partial charge in [-0.15, -0.1) is 5.10 Å². The summed E-state index contributed by atoms with van der Waals surface area (Å²) in [4.78, 5) is 31.5. The maximum atomic E-state index is 14.8. The van der Waals surface area contributed by atoms with Crippen molar-refractivity contribution in [1.29, 1.82) is 0 Å². The summed E-state index contributed by atoms with van der Waals surface area (Å²) in [6.07, 6.45) is 8.09. The Kier molecular flexibility index (Phi) is 8.69. The van der Waals surface area contributed by atoms with Crippen molar-refractivity contribution >= 4 is 30.4 Å². The van der Waals surface area contributed by atoms with Crippen molar-refractivity contribution in [2.45, 2.75) is 56.4 Å². The standard InChI is InChI=1S/C25H32FN5O3S/c1-34-28-23(32)8-4-5-12-31-19(15-27-29-31)14-18-16-30(13-11-22(18)35)24(25(33)17-9-10-17)20-6-2-3-7-21(20)26/h2-3,6-7,14-15,17,22,24,35H,4-5,8-13,16H2,1H3,(H,28,32)/b18-14+. The maximum Gasteiger partial charge on any atom is 0.243 e. The van der Waals surface area contributed by atoms with Crippen molar-refractivity contribution in [1.82, 2.24) is 25.4 Å². The third-order valence-corrected chi connectivity index (χ3v) is 7.13. The number of carbonyl (C=O) groups is 2. The van der Waals surface area contributed by atoms with Gasteiger partial charge >= 0.3 is 0 Å². The van der Waals surface area contributed by atoms with Crippen LogP contribution in [0, 0.1) is 11.7 Å². The Balaban J connectivity index is 1.47. The smallest absolute Gasteiger partial charge is 0.243 e. The summed E-state index contributed by atoms with van der Waals surface area (Å²) < 4.78 is 16.6. The summed E-state index contributed by atoms with van der Waals surface area (Å²) >= 11 is 4.79. The van der Waals surface area contributed by atoms with Crippen LogP contribution < -0.4 is 5.48 Å². The molecule has 2 aliphatic rings. The lowest BCUT2D eigenvalue weighted by molar-refractivity contribution is -0.131. The van der Waals surface area contributed by atoms with Gasteiger partial charge in [-0.05, 0) is 49.8 Å². The number of nitrogens with one attached hydrogen (secondary N) is 1. The average molecular weight is 502 g/mol. The van der Waals surface area contributed by atoms with Gasteiger partial charge in [0.05, 0.1) is 25.0 Å². The van der Waals surface area contributed by atoms with Crippen molar-refractivity contribution in [3.05, 3.63) is 53.1 Å². The zero-order valence-electron chi connectivity index (χ0n) is 19.9. The van der Waals surface area contributed by atoms with Crippen LogP contribution in [0.15, 0.2) is 36.0 Å². The number of aryl methyl sites for hydroxylation is 1. The van der Waals surface area contributed by atoms with Crippen molar-refractivity contribution in [3.8, 4) is 0 Å². The lowest BCUT2D eigenvalue weighted by Gasteiger charge is -2.37. The molecule has 2 unspecified atom stereocenters. The van der Waals surface area contributed by atoms with Crippen LogP contribution in [0.25, 0.3) is 6.08 Å². The molecule has 188 valence electrons. The number of halogens is 1. The lowest BCUT2D eigenvalue weighted by atomic mass is 9.93. The van der Waals surface area contributed by atoms with E-state index in [4.69, 9.17) is 12.6 Å². The molecule has 10 heteroatoms. The molecule has 1 saturated carbocycles. The number of nitrogens with zero attached hydrogens (tertiary/aromatic N) is 4. The molecule has 35 heavy (non-hydrogen) atoms. The summed E-state index contributed by atoms with van der Waals surface area (Å²) in [5.74, 6) is -0.362. The second kappa shape index (κ2) is 11.9. The maximum absolute atomic E-state index is 14.8. The highest BCUT2D eigenvalue weighted by molar-refractivity contribution is 7.81. The molecule has 2 atom stereocenters. The van der Waals surface area contributed by atoms with E-state index in [1.807, 2.05) is 10.8 Å². The number of thiol groups is 1. The molecular weight excluding hydrogens is 469 g/mol. The molecule has 1 amide bonds. The van der Waals surface area contributed by atoms with Crippen LogP contribution in [-0.2, 0) is 21.0 Å². The normalized spacial score (nSPS) is 20.7. The van der Waals surface area contributed by atoms with Crippen molar-refractivity contribution in [3.63, 3.8) is 0 Å². The van der Waals surface area contributed by atoms with Gasteiger partial charge in [0.25, 0.3) is 0 Å². The number of rotatable bonds is 11. The number of hydrogen-bond acceptors (Lipinski definition) is 7. The second-order valence-corrected chi connectivity index (χ2v) is 9.79. The van der Waals surface area contributed by atoms with Crippen molar-refractivity contribution in [2.24, 2.45) is 5.92 Å². The molecule has 1 aromatic carbocycles. The summed E-state index contributed by atoms with van der Waals surface area (Å²) in [5, 5.41) is 8.28. The van der Waals surface area contributed by atoms with Gasteiger partial charge in [-0.25, -0.2) is 14.6 Å². The number of hydrogen-bond donors (Lipinski definition) is 2. The minimum atomic E-state index is -0.589. The fourth-order valence-electron chi connectivity index (χ4n) is 4.53. The summed E-state index contributed by atoms with van der Waals surface area (Å²) in [6.45, 7) is 1.82. The zero-order valence-corrected chi connectivity index (χ0v) is 20.8. The number of amides is 1. The van der Waals surface area contributed by atoms with Crippen molar-refractivity contribution in [2.75, 3.05) is 20.2 Å². The number of ketones is 1. The van der Waals surface area contributed by atoms with E-state index in [0.717, 1.165) is 37.0 Å². The topological polar surface area (TPSA) is 89.3 Å². The highest BCUT2D eigenvalue weighted by Gasteiger charge is 2.40. The first-order valence-electron chi connectivity index (χ1n) is 12.1. The highest BCUT2D eigenvalue weighted by atomic mass is 32.1. The van der Waals surface area contributed by atoms with Gasteiger partial charge in [0.15, 0.2) is 5.78 Å². The minimum absolute atomic E-state index is 0.0253. The fourth-order valence-corrected chi connectivity index (χ4v) is 4.80. The molecule has 0 bridgehead atoms. The predicted molar refractivity (Wildman–Crippen MR) is 133 cm³/mol. The number of Topliss-reactive ketones (excluding diaryl/α,β-unsaturated/α-hetero) is 1. The van der Waals surface area contributed by atoms with Gasteiger partial charge in [-0.3, -0.25) is 19.3 Å². The lowest BCUT2D eigenvalue weighted by Crippen LogP contribution is -2.42. The SMILES string of the molecule is CONC(=O)CCCCn1nncc1/C=C1\CN(C(C(=O)C2CC2)c2ccccc2F)CCC1S. The highest BCUT2D eigenvalue weighted by Crippen LogP contribution is 2.39. The van der Waals surface area contributed by atoms with E-state index in [1.54, 1.807) is 24.4 Å². The first kappa shape index (κ1) is 25.5. The van der Waals surface area contributed by atoms with Crippen molar-refractivity contribution < 1.29 is 18.8 Å². The van der Waals surface area contributed by atoms with E-state index in [9.17, 15) is 14.0 Å². The van der Waals surface area contributed by atoms with E-state index < -0.39 is 6.04 Å². The van der Waals surface area contributed by atoms with E-state index >= 15 is 0 Å². The molecule has 1 aliphatic heterocycles. The third kappa shape index (κ3) is 6.56. The Hall–Kier alpha value is -2.56. The summed E-state index contributed by atoms with van der Waals surface area (Å²) in [7, 11) is 1.41. The first-order valence-corrected chi connectivity index (χ1v) is 12.6. The monoisotopic (exact) mass is 501 g/mol. The van der Waals surface area contributed by atoms with Crippen LogP contribution in [0.2, 0.25) is 0 Å². The van der Waals surface area contributed by atoms with Crippen LogP contribution in [-0.4, -0.2) is 57.0 Å². The molecule has 1 N–H and O–H groups in total. The van der Waals surface area contributed by atoms with Gasteiger partial charge < -0.3 is 0 Å². The van der Waals surface area contributed by atoms with Crippen LogP contribution in [0.1, 0.15) is 55.8 Å². The molecule has 1 aliphatic carbocycles. The van der Waals surface area contributed by atoms with E-state index in [0.29, 0.717) is 38.0 Å². The van der Waals surface area contributed by atoms with Gasteiger partial charge in [-0.1, -0.05) is 23.4 Å². The number of likely N-dealkylation sites (tertiary alicyclic amines) is 1. The van der Waals surface area contributed by atoms with Crippen LogP contribution in [0.5, 0.6) is 0 Å². The molecule has 1 saturated heterocycles. The molecular formula is C25H32FN5O3S. The van der Waals surface area contributed by atoms with E-state index in [-0.39, 0.29) is 28.7 Å². The van der Waals surface area contributed by atoms with Gasteiger partial charge in [0.1, 0.15) is 5.82 Å². The molecule has 2 fully saturated rings.